The normalized spacial score (nSPS) is 17.8. The molecule has 1 heterocycles. The topological polar surface area (TPSA) is 101 Å². The van der Waals surface area contributed by atoms with Crippen molar-refractivity contribution in [2.75, 3.05) is 6.54 Å². The van der Waals surface area contributed by atoms with Crippen molar-refractivity contribution in [3.63, 3.8) is 0 Å². The SMILES string of the molecule is O=C(O)CC1CCCN1C(=O)c1ccc(C(F)(F)F)cc1[N+](=O)[O-]. The molecular formula is C14H13F3N2O5. The largest absolute Gasteiger partial charge is 0.481 e. The highest BCUT2D eigenvalue weighted by atomic mass is 19.4. The maximum Gasteiger partial charge on any atom is 0.416 e. The van der Waals surface area contributed by atoms with Crippen molar-refractivity contribution in [3.8, 4) is 0 Å². The Bertz CT molecular complexity index is 689. The maximum absolute atomic E-state index is 12.7. The summed E-state index contributed by atoms with van der Waals surface area (Å²) in [6.45, 7) is 0.203. The van der Waals surface area contributed by atoms with Crippen LogP contribution in [0.5, 0.6) is 0 Å². The van der Waals surface area contributed by atoms with Crippen LogP contribution in [0.2, 0.25) is 0 Å². The van der Waals surface area contributed by atoms with Crippen molar-refractivity contribution in [1.82, 2.24) is 4.90 Å². The molecule has 1 fully saturated rings. The molecule has 130 valence electrons. The molecule has 1 aromatic rings. The van der Waals surface area contributed by atoms with Crippen molar-refractivity contribution in [2.24, 2.45) is 0 Å². The van der Waals surface area contributed by atoms with E-state index in [4.69, 9.17) is 5.11 Å². The standard InChI is InChI=1S/C14H13F3N2O5/c15-14(16,17)8-3-4-10(11(6-8)19(23)24)13(22)18-5-1-2-9(18)7-12(20)21/h3-4,6,9H,1-2,5,7H2,(H,20,21). The molecule has 10 heteroatoms. The maximum atomic E-state index is 12.7. The summed E-state index contributed by atoms with van der Waals surface area (Å²) in [7, 11) is 0. The van der Waals surface area contributed by atoms with E-state index in [0.717, 1.165) is 6.07 Å². The van der Waals surface area contributed by atoms with Gasteiger partial charge in [0.2, 0.25) is 0 Å². The van der Waals surface area contributed by atoms with Gasteiger partial charge in [-0.2, -0.15) is 13.2 Å². The van der Waals surface area contributed by atoms with Gasteiger partial charge in [-0.15, -0.1) is 0 Å². The highest BCUT2D eigenvalue weighted by Gasteiger charge is 2.37. The molecule has 1 amide bonds. The molecule has 0 aromatic heterocycles. The van der Waals surface area contributed by atoms with Crippen molar-refractivity contribution >= 4 is 17.6 Å². The number of benzene rings is 1. The fourth-order valence-corrected chi connectivity index (χ4v) is 2.71. The number of alkyl halides is 3. The average Bonchev–Trinajstić information content (AvgIpc) is 2.92. The first kappa shape index (κ1) is 17.7. The molecular weight excluding hydrogens is 333 g/mol. The van der Waals surface area contributed by atoms with Gasteiger partial charge in [-0.05, 0) is 25.0 Å². The van der Waals surface area contributed by atoms with Crippen LogP contribution in [0.25, 0.3) is 0 Å². The van der Waals surface area contributed by atoms with E-state index in [1.54, 1.807) is 0 Å². The van der Waals surface area contributed by atoms with Gasteiger partial charge in [0.25, 0.3) is 11.6 Å². The van der Waals surface area contributed by atoms with E-state index in [1.807, 2.05) is 0 Å². The predicted octanol–water partition coefficient (Wildman–Crippen LogP) is 2.69. The van der Waals surface area contributed by atoms with Gasteiger partial charge in [0.15, 0.2) is 0 Å². The minimum absolute atomic E-state index is 0.203. The van der Waals surface area contributed by atoms with Crippen LogP contribution in [0.1, 0.15) is 35.2 Å². The van der Waals surface area contributed by atoms with E-state index in [2.05, 4.69) is 0 Å². The van der Waals surface area contributed by atoms with Crippen molar-refractivity contribution in [3.05, 3.63) is 39.4 Å². The summed E-state index contributed by atoms with van der Waals surface area (Å²) in [4.78, 5) is 34.5. The lowest BCUT2D eigenvalue weighted by Crippen LogP contribution is -2.37. The highest BCUT2D eigenvalue weighted by Crippen LogP contribution is 2.34. The Balaban J connectivity index is 2.38. The van der Waals surface area contributed by atoms with Gasteiger partial charge in [-0.25, -0.2) is 0 Å². The molecule has 2 rings (SSSR count). The lowest BCUT2D eigenvalue weighted by atomic mass is 10.1. The lowest BCUT2D eigenvalue weighted by Gasteiger charge is -2.23. The first-order chi connectivity index (χ1) is 11.1. The molecule has 1 saturated heterocycles. The Morgan fingerprint density at radius 3 is 2.58 bits per heavy atom. The molecule has 1 aliphatic rings. The van der Waals surface area contributed by atoms with Crippen LogP contribution in [0.3, 0.4) is 0 Å². The average molecular weight is 346 g/mol. The smallest absolute Gasteiger partial charge is 0.416 e. The van der Waals surface area contributed by atoms with E-state index < -0.39 is 45.8 Å². The number of nitro benzene ring substituents is 1. The zero-order chi connectivity index (χ0) is 18.1. The number of carbonyl (C=O) groups is 2. The molecule has 1 atom stereocenters. The van der Waals surface area contributed by atoms with Crippen LogP contribution < -0.4 is 0 Å². The Labute approximate surface area is 133 Å². The molecule has 1 aliphatic heterocycles. The fourth-order valence-electron chi connectivity index (χ4n) is 2.71. The third kappa shape index (κ3) is 3.63. The second-order valence-electron chi connectivity index (χ2n) is 5.38. The monoisotopic (exact) mass is 346 g/mol. The number of halogens is 3. The number of carboxylic acid groups (broad SMARTS) is 1. The Morgan fingerprint density at radius 1 is 1.38 bits per heavy atom. The van der Waals surface area contributed by atoms with Crippen LogP contribution in [0, 0.1) is 10.1 Å². The second-order valence-corrected chi connectivity index (χ2v) is 5.38. The molecule has 0 saturated carbocycles. The first-order valence-corrected chi connectivity index (χ1v) is 6.99. The summed E-state index contributed by atoms with van der Waals surface area (Å²) >= 11 is 0. The number of nitro groups is 1. The van der Waals surface area contributed by atoms with Gasteiger partial charge in [-0.3, -0.25) is 19.7 Å². The zero-order valence-corrected chi connectivity index (χ0v) is 12.2. The van der Waals surface area contributed by atoms with Crippen LogP contribution in [-0.4, -0.2) is 39.4 Å². The van der Waals surface area contributed by atoms with Gasteiger partial charge in [0, 0.05) is 18.7 Å². The van der Waals surface area contributed by atoms with Gasteiger partial charge in [0.1, 0.15) is 5.56 Å². The second kappa shape index (κ2) is 6.46. The van der Waals surface area contributed by atoms with E-state index in [1.165, 1.54) is 4.90 Å². The predicted molar refractivity (Wildman–Crippen MR) is 74.4 cm³/mol. The molecule has 24 heavy (non-hydrogen) atoms. The zero-order valence-electron chi connectivity index (χ0n) is 12.2. The van der Waals surface area contributed by atoms with E-state index >= 15 is 0 Å². The van der Waals surface area contributed by atoms with E-state index in [9.17, 15) is 32.9 Å². The van der Waals surface area contributed by atoms with Gasteiger partial charge in [0.05, 0.1) is 16.9 Å². The Kier molecular flexibility index (Phi) is 4.76. The number of carbonyl (C=O) groups excluding carboxylic acids is 1. The number of amides is 1. The molecule has 0 bridgehead atoms. The summed E-state index contributed by atoms with van der Waals surface area (Å²) in [5.41, 5.74) is -2.66. The van der Waals surface area contributed by atoms with Crippen molar-refractivity contribution in [2.45, 2.75) is 31.5 Å². The molecule has 1 aromatic carbocycles. The summed E-state index contributed by atoms with van der Waals surface area (Å²) in [6.07, 6.45) is -4.14. The van der Waals surface area contributed by atoms with E-state index in [-0.39, 0.29) is 13.0 Å². The minimum atomic E-state index is -4.77. The number of rotatable bonds is 4. The number of carboxylic acids is 1. The van der Waals surface area contributed by atoms with Gasteiger partial charge in [-0.1, -0.05) is 0 Å². The first-order valence-electron chi connectivity index (χ1n) is 6.99. The number of hydrogen-bond acceptors (Lipinski definition) is 4. The molecule has 0 aliphatic carbocycles. The Morgan fingerprint density at radius 2 is 2.04 bits per heavy atom. The minimum Gasteiger partial charge on any atom is -0.481 e. The summed E-state index contributed by atoms with van der Waals surface area (Å²) < 4.78 is 38.1. The fraction of sp³-hybridized carbons (Fsp3) is 0.429. The lowest BCUT2D eigenvalue weighted by molar-refractivity contribution is -0.385. The number of likely N-dealkylation sites (tertiary alicyclic amines) is 1. The molecule has 1 unspecified atom stereocenters. The quantitative estimate of drug-likeness (QED) is 0.667. The summed E-state index contributed by atoms with van der Waals surface area (Å²) in [5.74, 6) is -1.96. The number of nitrogens with zero attached hydrogens (tertiary/aromatic N) is 2. The van der Waals surface area contributed by atoms with Crippen LogP contribution in [0.4, 0.5) is 18.9 Å². The number of hydrogen-bond donors (Lipinski definition) is 1. The van der Waals surface area contributed by atoms with E-state index in [0.29, 0.717) is 25.0 Å². The molecule has 1 N–H and O–H groups in total. The van der Waals surface area contributed by atoms with Crippen molar-refractivity contribution < 1.29 is 32.8 Å². The van der Waals surface area contributed by atoms with Crippen LogP contribution >= 0.6 is 0 Å². The van der Waals surface area contributed by atoms with Crippen LogP contribution in [-0.2, 0) is 11.0 Å². The van der Waals surface area contributed by atoms with Crippen molar-refractivity contribution in [1.29, 1.82) is 0 Å². The van der Waals surface area contributed by atoms with Gasteiger partial charge < -0.3 is 10.0 Å². The number of aliphatic carboxylic acids is 1. The Hall–Kier alpha value is -2.65. The summed E-state index contributed by atoms with van der Waals surface area (Å²) in [6, 6.07) is 1.05. The van der Waals surface area contributed by atoms with Gasteiger partial charge >= 0.3 is 12.1 Å². The molecule has 0 radical (unpaired) electrons. The third-order valence-corrected chi connectivity index (χ3v) is 3.80. The highest BCUT2D eigenvalue weighted by molar-refractivity contribution is 5.98. The molecule has 7 nitrogen and oxygen atoms in total. The molecule has 0 spiro atoms. The summed E-state index contributed by atoms with van der Waals surface area (Å²) in [5, 5.41) is 19.9. The third-order valence-electron chi connectivity index (χ3n) is 3.80. The van der Waals surface area contributed by atoms with Crippen LogP contribution in [0.15, 0.2) is 18.2 Å².